The number of carbonyl (C=O) groups excluding carboxylic acids is 3. The van der Waals surface area contributed by atoms with Crippen molar-refractivity contribution in [2.75, 3.05) is 6.54 Å². The molecule has 0 unspecified atom stereocenters. The van der Waals surface area contributed by atoms with Crippen molar-refractivity contribution in [2.24, 2.45) is 11.5 Å². The van der Waals surface area contributed by atoms with E-state index >= 15 is 0 Å². The minimum absolute atomic E-state index is 0.0756. The monoisotopic (exact) mass is 366 g/mol. The number of phenolic OH excluding ortho intramolecular Hbond substituents is 1. The van der Waals surface area contributed by atoms with Crippen LogP contribution in [0.2, 0.25) is 0 Å². The zero-order valence-corrected chi connectivity index (χ0v) is 14.0. The minimum Gasteiger partial charge on any atom is -0.508 e. The van der Waals surface area contributed by atoms with Crippen LogP contribution < -0.4 is 22.1 Å². The molecule has 142 valence electrons. The summed E-state index contributed by atoms with van der Waals surface area (Å²) >= 11 is 0. The van der Waals surface area contributed by atoms with Crippen LogP contribution in [0.15, 0.2) is 24.3 Å². The number of carboxylic acids is 1. The van der Waals surface area contributed by atoms with Gasteiger partial charge in [-0.1, -0.05) is 12.1 Å². The highest BCUT2D eigenvalue weighted by Crippen LogP contribution is 2.11. The van der Waals surface area contributed by atoms with E-state index in [1.807, 2.05) is 0 Å². The molecule has 0 aliphatic heterocycles. The molecule has 0 aromatic heterocycles. The molecule has 10 nitrogen and oxygen atoms in total. The molecule has 0 fully saturated rings. The Labute approximate surface area is 149 Å². The normalized spacial score (nSPS) is 12.7. The van der Waals surface area contributed by atoms with Crippen molar-refractivity contribution in [3.05, 3.63) is 29.8 Å². The smallest absolute Gasteiger partial charge is 0.303 e. The molecule has 10 heteroatoms. The number of rotatable bonds is 10. The fourth-order valence-electron chi connectivity index (χ4n) is 2.09. The maximum atomic E-state index is 12.2. The lowest BCUT2D eigenvalue weighted by Crippen LogP contribution is -2.53. The van der Waals surface area contributed by atoms with Crippen LogP contribution in [0.3, 0.4) is 0 Å². The highest BCUT2D eigenvalue weighted by atomic mass is 16.4. The lowest BCUT2D eigenvalue weighted by Gasteiger charge is -2.20. The summed E-state index contributed by atoms with van der Waals surface area (Å²) in [4.78, 5) is 45.7. The lowest BCUT2D eigenvalue weighted by molar-refractivity contribution is -0.138. The van der Waals surface area contributed by atoms with Gasteiger partial charge in [-0.25, -0.2) is 0 Å². The topological polar surface area (TPSA) is 185 Å². The van der Waals surface area contributed by atoms with E-state index in [1.165, 1.54) is 12.1 Å². The van der Waals surface area contributed by atoms with E-state index in [0.717, 1.165) is 0 Å². The van der Waals surface area contributed by atoms with Crippen molar-refractivity contribution >= 4 is 23.7 Å². The van der Waals surface area contributed by atoms with Crippen molar-refractivity contribution < 1.29 is 29.4 Å². The second-order valence-corrected chi connectivity index (χ2v) is 5.65. The van der Waals surface area contributed by atoms with Crippen molar-refractivity contribution in [1.29, 1.82) is 0 Å². The van der Waals surface area contributed by atoms with E-state index in [9.17, 15) is 24.3 Å². The number of hydrogen-bond donors (Lipinski definition) is 6. The summed E-state index contributed by atoms with van der Waals surface area (Å²) in [5, 5.41) is 22.6. The summed E-state index contributed by atoms with van der Waals surface area (Å²) in [6.07, 6.45) is -0.375. The summed E-state index contributed by atoms with van der Waals surface area (Å²) < 4.78 is 0. The predicted molar refractivity (Wildman–Crippen MR) is 90.8 cm³/mol. The number of nitrogens with one attached hydrogen (secondary N) is 2. The van der Waals surface area contributed by atoms with Crippen LogP contribution in [-0.4, -0.2) is 52.5 Å². The number of benzene rings is 1. The van der Waals surface area contributed by atoms with Gasteiger partial charge in [0, 0.05) is 6.42 Å². The molecular weight excluding hydrogens is 344 g/mol. The molecule has 1 aromatic carbocycles. The Kier molecular flexibility index (Phi) is 8.03. The molecule has 1 aromatic rings. The number of aliphatic carboxylic acids is 1. The SMILES string of the molecule is NC(=O)CNC(=O)[C@H](CCC(=O)O)NC(=O)[C@@H](N)Cc1ccc(O)cc1. The molecule has 0 bridgehead atoms. The fraction of sp³-hybridized carbons (Fsp3) is 0.375. The molecule has 3 amide bonds. The first-order chi connectivity index (χ1) is 12.2. The molecule has 2 atom stereocenters. The number of nitrogens with two attached hydrogens (primary N) is 2. The van der Waals surface area contributed by atoms with Gasteiger partial charge in [-0.15, -0.1) is 0 Å². The molecule has 26 heavy (non-hydrogen) atoms. The van der Waals surface area contributed by atoms with Gasteiger partial charge in [-0.2, -0.15) is 0 Å². The highest BCUT2D eigenvalue weighted by molar-refractivity contribution is 5.91. The van der Waals surface area contributed by atoms with Crippen LogP contribution in [-0.2, 0) is 25.6 Å². The van der Waals surface area contributed by atoms with Crippen LogP contribution in [0.5, 0.6) is 5.75 Å². The average Bonchev–Trinajstić information content (AvgIpc) is 2.57. The third-order valence-corrected chi connectivity index (χ3v) is 3.45. The maximum absolute atomic E-state index is 12.2. The first-order valence-corrected chi connectivity index (χ1v) is 7.80. The highest BCUT2D eigenvalue weighted by Gasteiger charge is 2.24. The zero-order valence-electron chi connectivity index (χ0n) is 14.0. The van der Waals surface area contributed by atoms with Crippen LogP contribution in [0.25, 0.3) is 0 Å². The molecule has 0 saturated heterocycles. The van der Waals surface area contributed by atoms with Gasteiger partial charge in [0.1, 0.15) is 11.8 Å². The van der Waals surface area contributed by atoms with E-state index in [2.05, 4.69) is 10.6 Å². The third-order valence-electron chi connectivity index (χ3n) is 3.45. The molecule has 0 aliphatic rings. The van der Waals surface area contributed by atoms with E-state index < -0.39 is 42.3 Å². The minimum atomic E-state index is -1.16. The number of primary amides is 1. The van der Waals surface area contributed by atoms with Crippen LogP contribution in [0.4, 0.5) is 0 Å². The Morgan fingerprint density at radius 1 is 1.08 bits per heavy atom. The van der Waals surface area contributed by atoms with Crippen LogP contribution in [0, 0.1) is 0 Å². The fourth-order valence-corrected chi connectivity index (χ4v) is 2.09. The first kappa shape index (κ1) is 20.9. The first-order valence-electron chi connectivity index (χ1n) is 7.80. The zero-order chi connectivity index (χ0) is 19.7. The quantitative estimate of drug-likeness (QED) is 0.282. The summed E-state index contributed by atoms with van der Waals surface area (Å²) in [7, 11) is 0. The second kappa shape index (κ2) is 9.99. The Hall–Kier alpha value is -3.14. The number of hydrogen-bond acceptors (Lipinski definition) is 6. The number of carboxylic acid groups (broad SMARTS) is 1. The second-order valence-electron chi connectivity index (χ2n) is 5.65. The molecule has 0 spiro atoms. The molecule has 0 radical (unpaired) electrons. The summed E-state index contributed by atoms with van der Waals surface area (Å²) in [6.45, 7) is -0.433. The van der Waals surface area contributed by atoms with Crippen LogP contribution >= 0.6 is 0 Å². The lowest BCUT2D eigenvalue weighted by atomic mass is 10.0. The Bertz CT molecular complexity index is 661. The maximum Gasteiger partial charge on any atom is 0.303 e. The van der Waals surface area contributed by atoms with Gasteiger partial charge in [0.25, 0.3) is 0 Å². The van der Waals surface area contributed by atoms with E-state index in [-0.39, 0.29) is 25.0 Å². The van der Waals surface area contributed by atoms with E-state index in [0.29, 0.717) is 5.56 Å². The molecule has 1 rings (SSSR count). The van der Waals surface area contributed by atoms with Gasteiger partial charge in [-0.05, 0) is 30.5 Å². The van der Waals surface area contributed by atoms with Gasteiger partial charge < -0.3 is 32.3 Å². The van der Waals surface area contributed by atoms with Gasteiger partial charge in [0.2, 0.25) is 17.7 Å². The largest absolute Gasteiger partial charge is 0.508 e. The van der Waals surface area contributed by atoms with Crippen molar-refractivity contribution in [3.63, 3.8) is 0 Å². The van der Waals surface area contributed by atoms with Crippen molar-refractivity contribution in [3.8, 4) is 5.75 Å². The summed E-state index contributed by atoms with van der Waals surface area (Å²) in [6, 6.07) is 3.95. The van der Waals surface area contributed by atoms with Gasteiger partial charge >= 0.3 is 5.97 Å². The van der Waals surface area contributed by atoms with E-state index in [1.54, 1.807) is 12.1 Å². The van der Waals surface area contributed by atoms with Crippen molar-refractivity contribution in [2.45, 2.75) is 31.3 Å². The third kappa shape index (κ3) is 7.62. The van der Waals surface area contributed by atoms with E-state index in [4.69, 9.17) is 16.6 Å². The number of carbonyl (C=O) groups is 4. The number of aromatic hydroxyl groups is 1. The summed E-state index contributed by atoms with van der Waals surface area (Å²) in [5.41, 5.74) is 11.5. The van der Waals surface area contributed by atoms with Gasteiger partial charge in [-0.3, -0.25) is 19.2 Å². The summed E-state index contributed by atoms with van der Waals surface area (Å²) in [5.74, 6) is -3.21. The average molecular weight is 366 g/mol. The molecule has 0 heterocycles. The molecular formula is C16H22N4O6. The number of amides is 3. The Morgan fingerprint density at radius 2 is 1.69 bits per heavy atom. The van der Waals surface area contributed by atoms with Gasteiger partial charge in [0.15, 0.2) is 0 Å². The Balaban J connectivity index is 2.69. The van der Waals surface area contributed by atoms with Crippen molar-refractivity contribution in [1.82, 2.24) is 10.6 Å². The molecule has 8 N–H and O–H groups in total. The number of phenols is 1. The standard InChI is InChI=1S/C16H22N4O6/c17-11(7-9-1-3-10(21)4-2-9)15(25)20-12(5-6-14(23)24)16(26)19-8-13(18)22/h1-4,11-12,21H,5-8,17H2,(H2,18,22)(H,19,26)(H,20,25)(H,23,24)/t11-,12-/m0/s1. The van der Waals surface area contributed by atoms with Gasteiger partial charge in [0.05, 0.1) is 12.6 Å². The Morgan fingerprint density at radius 3 is 2.23 bits per heavy atom. The molecule has 0 aliphatic carbocycles. The molecule has 0 saturated carbocycles. The van der Waals surface area contributed by atoms with Crippen LogP contribution in [0.1, 0.15) is 18.4 Å². The predicted octanol–water partition coefficient (Wildman–Crippen LogP) is -1.79.